The Morgan fingerprint density at radius 3 is 1.25 bits per heavy atom. The fourth-order valence-corrected chi connectivity index (χ4v) is 0. The van der Waals surface area contributed by atoms with Gasteiger partial charge in [-0.05, 0) is 0 Å². The quantitative estimate of drug-likeness (QED) is 0.448. The van der Waals surface area contributed by atoms with Gasteiger partial charge in [-0.3, -0.25) is 0 Å². The maximum absolute atomic E-state index is 8.38. The van der Waals surface area contributed by atoms with Crippen LogP contribution in [0.1, 0.15) is 0 Å². The Bertz CT molecular complexity index is 8.00. The van der Waals surface area contributed by atoms with Crippen molar-refractivity contribution in [2.45, 2.75) is 0 Å². The molecular weight excluding hydrogens is 273 g/mol. The van der Waals surface area contributed by atoms with Gasteiger partial charge in [0, 0.05) is 0 Å². The van der Waals surface area contributed by atoms with Crippen LogP contribution in [-0.4, -0.2) is 44.2 Å². The first kappa shape index (κ1) is 16.9. The molecule has 0 N–H and O–H groups in total. The van der Waals surface area contributed by atoms with E-state index >= 15 is 0 Å². The topological polar surface area (TPSA) is 17.1 Å². The van der Waals surface area contributed by atoms with Crippen LogP contribution in [0.25, 0.3) is 0 Å². The first-order chi connectivity index (χ1) is 1.00. The van der Waals surface area contributed by atoms with Gasteiger partial charge in [0.1, 0.15) is 0 Å². The van der Waals surface area contributed by atoms with Crippen LogP contribution in [0.3, 0.4) is 0 Å². The summed E-state index contributed by atoms with van der Waals surface area (Å²) in [6.45, 7) is 0. The molecule has 0 unspecified atom stereocenters. The van der Waals surface area contributed by atoms with E-state index in [9.17, 15) is 0 Å². The Morgan fingerprint density at radius 2 is 1.25 bits per heavy atom. The van der Waals surface area contributed by atoms with E-state index in [0.717, 1.165) is 0 Å². The van der Waals surface area contributed by atoms with Gasteiger partial charge in [0.2, 0.25) is 0 Å². The van der Waals surface area contributed by atoms with Crippen LogP contribution in [0.15, 0.2) is 0 Å². The average Bonchev–Trinajstić information content (AvgIpc) is 1.00. The molecule has 0 atom stereocenters. The normalized spacial score (nSPS) is 1.50. The number of rotatable bonds is 0. The van der Waals surface area contributed by atoms with E-state index in [1.54, 1.807) is 0 Å². The fraction of sp³-hybridized carbons (Fsp3) is 0. The van der Waals surface area contributed by atoms with E-state index < -0.39 is 0 Å². The van der Waals surface area contributed by atoms with Gasteiger partial charge in [-0.1, -0.05) is 0 Å². The van der Waals surface area contributed by atoms with E-state index in [2.05, 4.69) is 0 Å². The molecule has 0 amide bonds. The molecule has 0 saturated carbocycles. The molecule has 22 valence electrons. The van der Waals surface area contributed by atoms with E-state index in [-0.39, 0.29) is 62.5 Å². The molecule has 0 fully saturated rings. The molecule has 0 aliphatic carbocycles. The third-order valence-corrected chi connectivity index (χ3v) is 0. The second kappa shape index (κ2) is 20.8. The van der Waals surface area contributed by atoms with Gasteiger partial charge >= 0.3 is 66.0 Å². The third-order valence-electron chi connectivity index (χ3n) is 0. The van der Waals surface area contributed by atoms with Crippen molar-refractivity contribution in [1.82, 2.24) is 0 Å². The Labute approximate surface area is 65.4 Å². The zero-order valence-corrected chi connectivity index (χ0v) is 8.83. The molecule has 0 rings (SSSR count). The molecule has 0 radical (unpaired) electrons. The molecule has 0 aliphatic heterocycles. The van der Waals surface area contributed by atoms with Crippen molar-refractivity contribution in [2.75, 3.05) is 0 Å². The summed E-state index contributed by atoms with van der Waals surface area (Å²) >= 11 is 0.125. The summed E-state index contributed by atoms with van der Waals surface area (Å²) in [5.74, 6) is 0. The van der Waals surface area contributed by atoms with Crippen molar-refractivity contribution in [3.63, 3.8) is 0 Å². The van der Waals surface area contributed by atoms with Gasteiger partial charge in [-0.2, -0.15) is 0 Å². The number of hydrogen-bond donors (Lipinski definition) is 0. The van der Waals surface area contributed by atoms with Crippen LogP contribution >= 0.6 is 0 Å². The molecule has 4 heavy (non-hydrogen) atoms. The van der Waals surface area contributed by atoms with Gasteiger partial charge in [0.25, 0.3) is 0 Å². The first-order valence-electron chi connectivity index (χ1n) is 0.289. The summed E-state index contributed by atoms with van der Waals surface area (Å²) in [6.07, 6.45) is 0. The molecule has 0 aromatic heterocycles. The second-order valence-electron chi connectivity index (χ2n) is 0. The summed E-state index contributed by atoms with van der Waals surface area (Å²) < 4.78 is 8.38. The van der Waals surface area contributed by atoms with E-state index in [0.29, 0.717) is 0 Å². The van der Waals surface area contributed by atoms with Crippen LogP contribution in [0.2, 0.25) is 0 Å². The van der Waals surface area contributed by atoms with Crippen molar-refractivity contribution in [3.05, 3.63) is 0 Å². The van der Waals surface area contributed by atoms with Crippen LogP contribution < -0.4 is 0 Å². The van der Waals surface area contributed by atoms with Gasteiger partial charge < -0.3 is 0 Å². The van der Waals surface area contributed by atoms with E-state index in [1.165, 1.54) is 0 Å². The molecule has 0 aromatic carbocycles. The van der Waals surface area contributed by atoms with E-state index in [4.69, 9.17) is 3.57 Å². The zero-order chi connectivity index (χ0) is 2.00. The van der Waals surface area contributed by atoms with Crippen LogP contribution in [0.5, 0.6) is 0 Å². The van der Waals surface area contributed by atoms with Crippen LogP contribution in [-0.2, 0) is 21.8 Å². The SMILES string of the molecule is [GaH3].[O]=[Zn].[SbH3]. The first-order valence-corrected chi connectivity index (χ1v) is 1.50. The molecule has 0 saturated heterocycles. The summed E-state index contributed by atoms with van der Waals surface area (Å²) in [5.41, 5.74) is 0. The molecule has 4 heteroatoms. The Morgan fingerprint density at radius 1 is 1.25 bits per heavy atom. The van der Waals surface area contributed by atoms with Gasteiger partial charge in [-0.25, -0.2) is 0 Å². The maximum atomic E-state index is 8.38. The van der Waals surface area contributed by atoms with Crippen molar-refractivity contribution in [3.8, 4) is 0 Å². The summed E-state index contributed by atoms with van der Waals surface area (Å²) in [5, 5.41) is 0. The van der Waals surface area contributed by atoms with Gasteiger partial charge in [0.15, 0.2) is 0 Å². The Kier molecular flexibility index (Phi) is 87.8. The molecule has 0 aromatic rings. The standard InChI is InChI=1S/Ga.O.Sb.Zn.6H. The predicted molar refractivity (Wildman–Crippen MR) is 20.6 cm³/mol. The van der Waals surface area contributed by atoms with Crippen molar-refractivity contribution < 1.29 is 21.8 Å². The Balaban J connectivity index is -0.00000000500. The van der Waals surface area contributed by atoms with Crippen LogP contribution in [0.4, 0.5) is 0 Å². The Hall–Kier alpha value is 1.88. The molecule has 0 spiro atoms. The van der Waals surface area contributed by atoms with Crippen molar-refractivity contribution in [2.24, 2.45) is 0 Å². The van der Waals surface area contributed by atoms with Gasteiger partial charge in [-0.15, -0.1) is 0 Å². The summed E-state index contributed by atoms with van der Waals surface area (Å²) in [7, 11) is 0. The van der Waals surface area contributed by atoms with E-state index in [1.807, 2.05) is 0 Å². The fourth-order valence-electron chi connectivity index (χ4n) is 0. The molecular formula is H6GaOSbZn. The number of hydrogen-bond acceptors (Lipinski definition) is 1. The van der Waals surface area contributed by atoms with Crippen molar-refractivity contribution >= 4 is 44.2 Å². The molecule has 0 heterocycles. The predicted octanol–water partition coefficient (Wildman–Crippen LogP) is -2.49. The molecule has 0 aliphatic rings. The average molecular weight is 279 g/mol. The molecule has 0 bridgehead atoms. The van der Waals surface area contributed by atoms with Gasteiger partial charge in [0.05, 0.1) is 0 Å². The summed E-state index contributed by atoms with van der Waals surface area (Å²) in [6, 6.07) is 0. The van der Waals surface area contributed by atoms with Crippen molar-refractivity contribution in [1.29, 1.82) is 0 Å². The summed E-state index contributed by atoms with van der Waals surface area (Å²) in [4.78, 5) is 0. The third kappa shape index (κ3) is 9.11. The minimum atomic E-state index is 0. The molecule has 1 nitrogen and oxygen atoms in total. The monoisotopic (exact) mass is 276 g/mol. The minimum absolute atomic E-state index is 0. The zero-order valence-electron chi connectivity index (χ0n) is 1.82. The second-order valence-corrected chi connectivity index (χ2v) is 0. The van der Waals surface area contributed by atoms with Crippen LogP contribution in [0, 0.1) is 0 Å².